The highest BCUT2D eigenvalue weighted by molar-refractivity contribution is 6.05. The van der Waals surface area contributed by atoms with Gasteiger partial charge in [0.2, 0.25) is 0 Å². The van der Waals surface area contributed by atoms with Crippen molar-refractivity contribution >= 4 is 11.8 Å². The van der Waals surface area contributed by atoms with Crippen LogP contribution in [0.4, 0.5) is 0 Å². The van der Waals surface area contributed by atoms with Crippen molar-refractivity contribution in [2.45, 2.75) is 12.3 Å². The van der Waals surface area contributed by atoms with E-state index in [0.717, 1.165) is 0 Å². The van der Waals surface area contributed by atoms with Gasteiger partial charge in [-0.25, -0.2) is 0 Å². The van der Waals surface area contributed by atoms with Gasteiger partial charge in [-0.05, 0) is 23.8 Å². The average Bonchev–Trinajstić information content (AvgIpc) is 2.56. The average molecular weight is 206 g/mol. The van der Waals surface area contributed by atoms with Crippen LogP contribution in [0.15, 0.2) is 18.2 Å². The summed E-state index contributed by atoms with van der Waals surface area (Å²) in [5.41, 5.74) is 1.06. The van der Waals surface area contributed by atoms with Gasteiger partial charge in [0.1, 0.15) is 5.75 Å². The molecule has 0 amide bonds. The van der Waals surface area contributed by atoms with Gasteiger partial charge in [0.25, 0.3) is 0 Å². The molecule has 1 aliphatic carbocycles. The lowest BCUT2D eigenvalue weighted by Gasteiger charge is -2.06. The van der Waals surface area contributed by atoms with Crippen molar-refractivity contribution in [3.8, 4) is 5.75 Å². The van der Waals surface area contributed by atoms with Crippen molar-refractivity contribution < 1.29 is 19.4 Å². The molecule has 0 aliphatic heterocycles. The summed E-state index contributed by atoms with van der Waals surface area (Å²) in [5.74, 6) is -1.22. The molecular weight excluding hydrogens is 196 g/mol. The Bertz CT molecular complexity index is 436. The second-order valence-electron chi connectivity index (χ2n) is 3.47. The van der Waals surface area contributed by atoms with Crippen LogP contribution in [0.3, 0.4) is 0 Å². The van der Waals surface area contributed by atoms with Crippen molar-refractivity contribution in [3.05, 3.63) is 29.3 Å². The Hall–Kier alpha value is -1.84. The number of methoxy groups -OCH3 is 1. The second-order valence-corrected chi connectivity index (χ2v) is 3.47. The number of aliphatic carboxylic acids is 1. The molecule has 0 saturated heterocycles. The predicted octanol–water partition coefficient (Wildman–Crippen LogP) is 1.45. The minimum Gasteiger partial charge on any atom is -0.497 e. The van der Waals surface area contributed by atoms with Crippen LogP contribution in [-0.2, 0) is 4.79 Å². The van der Waals surface area contributed by atoms with Gasteiger partial charge in [0.15, 0.2) is 5.78 Å². The van der Waals surface area contributed by atoms with Gasteiger partial charge >= 0.3 is 5.97 Å². The molecule has 0 spiro atoms. The Morgan fingerprint density at radius 1 is 1.53 bits per heavy atom. The third kappa shape index (κ3) is 1.48. The van der Waals surface area contributed by atoms with Crippen molar-refractivity contribution in [2.24, 2.45) is 0 Å². The zero-order valence-electron chi connectivity index (χ0n) is 8.19. The highest BCUT2D eigenvalue weighted by Crippen LogP contribution is 2.35. The maximum absolute atomic E-state index is 11.5. The molecule has 0 bridgehead atoms. The van der Waals surface area contributed by atoms with E-state index in [-0.39, 0.29) is 12.2 Å². The highest BCUT2D eigenvalue weighted by atomic mass is 16.5. The topological polar surface area (TPSA) is 63.6 Å². The minimum atomic E-state index is -0.963. The largest absolute Gasteiger partial charge is 0.497 e. The molecule has 78 valence electrons. The van der Waals surface area contributed by atoms with Crippen molar-refractivity contribution in [1.29, 1.82) is 0 Å². The number of carboxylic acid groups (broad SMARTS) is 1. The molecule has 4 nitrogen and oxygen atoms in total. The van der Waals surface area contributed by atoms with Gasteiger partial charge in [0.05, 0.1) is 13.0 Å². The van der Waals surface area contributed by atoms with Crippen molar-refractivity contribution in [2.75, 3.05) is 7.11 Å². The molecule has 1 aliphatic rings. The molecule has 2 rings (SSSR count). The van der Waals surface area contributed by atoms with E-state index in [1.54, 1.807) is 18.2 Å². The van der Waals surface area contributed by atoms with E-state index in [1.807, 2.05) is 0 Å². The van der Waals surface area contributed by atoms with E-state index in [0.29, 0.717) is 16.9 Å². The zero-order chi connectivity index (χ0) is 11.0. The van der Waals surface area contributed by atoms with E-state index >= 15 is 0 Å². The number of Topliss-reactive ketones (excluding diaryl/α,β-unsaturated/α-hetero) is 1. The van der Waals surface area contributed by atoms with E-state index in [4.69, 9.17) is 9.84 Å². The van der Waals surface area contributed by atoms with E-state index < -0.39 is 11.9 Å². The SMILES string of the molecule is COc1ccc2c(c1)C(C(=O)O)CC2=O. The Morgan fingerprint density at radius 2 is 2.27 bits per heavy atom. The van der Waals surface area contributed by atoms with Gasteiger partial charge in [-0.3, -0.25) is 9.59 Å². The lowest BCUT2D eigenvalue weighted by molar-refractivity contribution is -0.138. The summed E-state index contributed by atoms with van der Waals surface area (Å²) >= 11 is 0. The molecule has 1 N–H and O–H groups in total. The molecule has 0 aromatic heterocycles. The molecule has 15 heavy (non-hydrogen) atoms. The van der Waals surface area contributed by atoms with Crippen LogP contribution in [0.25, 0.3) is 0 Å². The van der Waals surface area contributed by atoms with Crippen LogP contribution >= 0.6 is 0 Å². The fourth-order valence-corrected chi connectivity index (χ4v) is 1.84. The normalized spacial score (nSPS) is 18.7. The van der Waals surface area contributed by atoms with Crippen LogP contribution in [-0.4, -0.2) is 24.0 Å². The molecule has 1 aromatic rings. The lowest BCUT2D eigenvalue weighted by Crippen LogP contribution is -2.08. The summed E-state index contributed by atoms with van der Waals surface area (Å²) in [7, 11) is 1.51. The number of ether oxygens (including phenoxy) is 1. The van der Waals surface area contributed by atoms with E-state index in [1.165, 1.54) is 7.11 Å². The van der Waals surface area contributed by atoms with Crippen LogP contribution in [0.2, 0.25) is 0 Å². The minimum absolute atomic E-state index is 0.0534. The number of benzene rings is 1. The first kappa shape index (κ1) is 9.71. The summed E-state index contributed by atoms with van der Waals surface area (Å²) in [5, 5.41) is 8.95. The molecule has 0 heterocycles. The Balaban J connectivity index is 2.52. The first-order valence-corrected chi connectivity index (χ1v) is 4.57. The number of hydrogen-bond acceptors (Lipinski definition) is 3. The number of ketones is 1. The zero-order valence-corrected chi connectivity index (χ0v) is 8.19. The quantitative estimate of drug-likeness (QED) is 0.795. The number of carbonyl (C=O) groups is 2. The monoisotopic (exact) mass is 206 g/mol. The molecule has 0 radical (unpaired) electrons. The van der Waals surface area contributed by atoms with Gasteiger partial charge in [0, 0.05) is 12.0 Å². The molecule has 0 fully saturated rings. The van der Waals surface area contributed by atoms with Crippen molar-refractivity contribution in [3.63, 3.8) is 0 Å². The maximum atomic E-state index is 11.5. The fourth-order valence-electron chi connectivity index (χ4n) is 1.84. The summed E-state index contributed by atoms with van der Waals surface area (Å²) in [6.45, 7) is 0. The first-order valence-electron chi connectivity index (χ1n) is 4.57. The number of hydrogen-bond donors (Lipinski definition) is 1. The molecular formula is C11H10O4. The fraction of sp³-hybridized carbons (Fsp3) is 0.273. The number of carboxylic acids is 1. The van der Waals surface area contributed by atoms with Gasteiger partial charge in [-0.2, -0.15) is 0 Å². The Kier molecular flexibility index (Phi) is 2.19. The molecule has 1 aromatic carbocycles. The Morgan fingerprint density at radius 3 is 2.87 bits per heavy atom. The first-order chi connectivity index (χ1) is 7.13. The summed E-state index contributed by atoms with van der Waals surface area (Å²) < 4.78 is 5.00. The van der Waals surface area contributed by atoms with Crippen LogP contribution in [0, 0.1) is 0 Å². The van der Waals surface area contributed by atoms with Crippen LogP contribution in [0.1, 0.15) is 28.3 Å². The summed E-state index contributed by atoms with van der Waals surface area (Å²) in [6, 6.07) is 4.92. The molecule has 1 unspecified atom stereocenters. The van der Waals surface area contributed by atoms with Crippen LogP contribution in [0.5, 0.6) is 5.75 Å². The predicted molar refractivity (Wildman–Crippen MR) is 52.3 cm³/mol. The van der Waals surface area contributed by atoms with Gasteiger partial charge in [-0.1, -0.05) is 0 Å². The highest BCUT2D eigenvalue weighted by Gasteiger charge is 2.34. The van der Waals surface area contributed by atoms with Gasteiger partial charge < -0.3 is 9.84 Å². The summed E-state index contributed by atoms with van der Waals surface area (Å²) in [6.07, 6.45) is 0.0534. The number of rotatable bonds is 2. The Labute approximate surface area is 86.5 Å². The van der Waals surface area contributed by atoms with E-state index in [9.17, 15) is 9.59 Å². The van der Waals surface area contributed by atoms with E-state index in [2.05, 4.69) is 0 Å². The third-order valence-electron chi connectivity index (χ3n) is 2.62. The maximum Gasteiger partial charge on any atom is 0.311 e. The molecule has 4 heteroatoms. The number of carbonyl (C=O) groups excluding carboxylic acids is 1. The smallest absolute Gasteiger partial charge is 0.311 e. The summed E-state index contributed by atoms with van der Waals surface area (Å²) in [4.78, 5) is 22.4. The molecule has 1 atom stereocenters. The van der Waals surface area contributed by atoms with Crippen molar-refractivity contribution in [1.82, 2.24) is 0 Å². The lowest BCUT2D eigenvalue weighted by atomic mass is 10.0. The van der Waals surface area contributed by atoms with Crippen LogP contribution < -0.4 is 4.74 Å². The number of fused-ring (bicyclic) bond motifs is 1. The second kappa shape index (κ2) is 3.38. The standard InChI is InChI=1S/C11H10O4/c1-15-6-2-3-7-8(4-6)9(11(13)14)5-10(7)12/h2-4,9H,5H2,1H3,(H,13,14). The third-order valence-corrected chi connectivity index (χ3v) is 2.62. The van der Waals surface area contributed by atoms with Gasteiger partial charge in [-0.15, -0.1) is 0 Å². The molecule has 0 saturated carbocycles.